The van der Waals surface area contributed by atoms with E-state index in [0.29, 0.717) is 19.3 Å². The van der Waals surface area contributed by atoms with Crippen molar-refractivity contribution in [1.29, 1.82) is 0 Å². The Morgan fingerprint density at radius 2 is 2.14 bits per heavy atom. The average Bonchev–Trinajstić information content (AvgIpc) is 2.45. The first-order chi connectivity index (χ1) is 10.2. The van der Waals surface area contributed by atoms with Crippen molar-refractivity contribution in [1.82, 2.24) is 9.88 Å². The zero-order valence-electron chi connectivity index (χ0n) is 12.2. The lowest BCUT2D eigenvalue weighted by atomic mass is 9.91. The molecule has 3 nitrogen and oxygen atoms in total. The van der Waals surface area contributed by atoms with Gasteiger partial charge in [-0.3, -0.25) is 9.78 Å². The SMILES string of the molecule is Cc1cc(Br)cnc1C1=CCC(N(C)C(=O)C(F)(F)F)CC1. The summed E-state index contributed by atoms with van der Waals surface area (Å²) in [5.41, 5.74) is 2.90. The number of aryl methyl sites for hydroxylation is 1. The second-order valence-electron chi connectivity index (χ2n) is 5.39. The van der Waals surface area contributed by atoms with Crippen LogP contribution in [0.3, 0.4) is 0 Å². The normalized spacial score (nSPS) is 18.8. The van der Waals surface area contributed by atoms with Gasteiger partial charge in [-0.1, -0.05) is 6.08 Å². The predicted octanol–water partition coefficient (Wildman–Crippen LogP) is 4.11. The Balaban J connectivity index is 2.11. The van der Waals surface area contributed by atoms with Gasteiger partial charge in [0.2, 0.25) is 0 Å². The van der Waals surface area contributed by atoms with Crippen LogP contribution in [0, 0.1) is 6.92 Å². The van der Waals surface area contributed by atoms with Crippen LogP contribution in [-0.2, 0) is 4.79 Å². The minimum atomic E-state index is -4.82. The fourth-order valence-corrected chi connectivity index (χ4v) is 3.08. The summed E-state index contributed by atoms with van der Waals surface area (Å²) in [5, 5.41) is 0. The van der Waals surface area contributed by atoms with E-state index in [1.807, 2.05) is 19.1 Å². The quantitative estimate of drug-likeness (QED) is 0.777. The Morgan fingerprint density at radius 3 is 2.64 bits per heavy atom. The number of nitrogens with zero attached hydrogens (tertiary/aromatic N) is 2. The van der Waals surface area contributed by atoms with E-state index in [-0.39, 0.29) is 0 Å². The summed E-state index contributed by atoms with van der Waals surface area (Å²) in [6, 6.07) is 1.53. The van der Waals surface area contributed by atoms with E-state index in [2.05, 4.69) is 20.9 Å². The molecule has 0 saturated heterocycles. The maximum atomic E-state index is 12.5. The van der Waals surface area contributed by atoms with Crippen molar-refractivity contribution in [2.45, 2.75) is 38.4 Å². The van der Waals surface area contributed by atoms with Gasteiger partial charge in [0.1, 0.15) is 0 Å². The van der Waals surface area contributed by atoms with Gasteiger partial charge < -0.3 is 4.90 Å². The Kier molecular flexibility index (Phi) is 4.94. The maximum Gasteiger partial charge on any atom is 0.471 e. The van der Waals surface area contributed by atoms with Crippen LogP contribution in [0.5, 0.6) is 0 Å². The second kappa shape index (κ2) is 6.40. The number of carbonyl (C=O) groups is 1. The molecule has 0 aliphatic heterocycles. The lowest BCUT2D eigenvalue weighted by Crippen LogP contribution is -2.45. The minimum Gasteiger partial charge on any atom is -0.335 e. The summed E-state index contributed by atoms with van der Waals surface area (Å²) in [5.74, 6) is -1.78. The van der Waals surface area contributed by atoms with Crippen molar-refractivity contribution in [3.8, 4) is 0 Å². The second-order valence-corrected chi connectivity index (χ2v) is 6.31. The zero-order valence-corrected chi connectivity index (χ0v) is 13.8. The van der Waals surface area contributed by atoms with Crippen LogP contribution in [0.4, 0.5) is 13.2 Å². The molecule has 22 heavy (non-hydrogen) atoms. The molecule has 0 saturated carbocycles. The fraction of sp³-hybridized carbons (Fsp3) is 0.467. The topological polar surface area (TPSA) is 33.2 Å². The molecule has 120 valence electrons. The van der Waals surface area contributed by atoms with E-state index in [9.17, 15) is 18.0 Å². The molecule has 1 amide bonds. The van der Waals surface area contributed by atoms with Gasteiger partial charge in [0.25, 0.3) is 0 Å². The first kappa shape index (κ1) is 17.0. The molecule has 7 heteroatoms. The molecule has 0 radical (unpaired) electrons. The summed E-state index contributed by atoms with van der Waals surface area (Å²) in [4.78, 5) is 16.4. The molecule has 0 fully saturated rings. The van der Waals surface area contributed by atoms with E-state index in [4.69, 9.17) is 0 Å². The van der Waals surface area contributed by atoms with E-state index in [0.717, 1.165) is 26.2 Å². The Hall–Kier alpha value is -1.37. The number of amides is 1. The molecular weight excluding hydrogens is 361 g/mol. The fourth-order valence-electron chi connectivity index (χ4n) is 2.63. The largest absolute Gasteiger partial charge is 0.471 e. The van der Waals surface area contributed by atoms with Crippen LogP contribution < -0.4 is 0 Å². The molecule has 1 atom stereocenters. The van der Waals surface area contributed by atoms with Crippen LogP contribution in [0.1, 0.15) is 30.5 Å². The summed E-state index contributed by atoms with van der Waals surface area (Å²) >= 11 is 3.35. The summed E-state index contributed by atoms with van der Waals surface area (Å²) < 4.78 is 38.3. The highest BCUT2D eigenvalue weighted by molar-refractivity contribution is 9.10. The van der Waals surface area contributed by atoms with Crippen LogP contribution >= 0.6 is 15.9 Å². The molecule has 1 aliphatic carbocycles. The predicted molar refractivity (Wildman–Crippen MR) is 81.1 cm³/mol. The monoisotopic (exact) mass is 376 g/mol. The number of halogens is 4. The Morgan fingerprint density at radius 1 is 1.45 bits per heavy atom. The van der Waals surface area contributed by atoms with Gasteiger partial charge in [-0.2, -0.15) is 13.2 Å². The summed E-state index contributed by atoms with van der Waals surface area (Å²) in [7, 11) is 1.21. The van der Waals surface area contributed by atoms with Crippen LogP contribution in [0.2, 0.25) is 0 Å². The minimum absolute atomic E-state index is 0.408. The first-order valence-electron chi connectivity index (χ1n) is 6.85. The third-order valence-corrected chi connectivity index (χ3v) is 4.28. The molecule has 0 aromatic carbocycles. The molecule has 2 rings (SSSR count). The molecule has 1 heterocycles. The standard InChI is InChI=1S/C15H16BrF3N2O/c1-9-7-11(16)8-20-13(9)10-3-5-12(6-4-10)21(2)14(22)15(17,18)19/h3,7-8,12H,4-6H2,1-2H3. The van der Waals surface area contributed by atoms with Crippen LogP contribution in [-0.4, -0.2) is 35.1 Å². The van der Waals surface area contributed by atoms with E-state index < -0.39 is 18.1 Å². The molecule has 0 N–H and O–H groups in total. The average molecular weight is 377 g/mol. The Labute approximate surface area is 135 Å². The number of pyridine rings is 1. The van der Waals surface area contributed by atoms with Crippen molar-refractivity contribution in [3.63, 3.8) is 0 Å². The number of rotatable bonds is 2. The molecule has 1 aromatic rings. The number of hydrogen-bond donors (Lipinski definition) is 0. The molecule has 0 spiro atoms. The number of hydrogen-bond acceptors (Lipinski definition) is 2. The number of allylic oxidation sites excluding steroid dienone is 1. The molecule has 1 aromatic heterocycles. The first-order valence-corrected chi connectivity index (χ1v) is 7.65. The summed E-state index contributed by atoms with van der Waals surface area (Å²) in [6.07, 6.45) is 0.288. The lowest BCUT2D eigenvalue weighted by Gasteiger charge is -2.31. The highest BCUT2D eigenvalue weighted by Crippen LogP contribution is 2.31. The van der Waals surface area contributed by atoms with E-state index in [1.54, 1.807) is 6.20 Å². The van der Waals surface area contributed by atoms with Gasteiger partial charge in [0.05, 0.1) is 5.69 Å². The molecule has 0 bridgehead atoms. The molecular formula is C15H16BrF3N2O. The highest BCUT2D eigenvalue weighted by Gasteiger charge is 2.43. The lowest BCUT2D eigenvalue weighted by molar-refractivity contribution is -0.186. The zero-order chi connectivity index (χ0) is 16.5. The van der Waals surface area contributed by atoms with Crippen LogP contribution in [0.15, 0.2) is 22.8 Å². The number of aromatic nitrogens is 1. The van der Waals surface area contributed by atoms with Crippen molar-refractivity contribution >= 4 is 27.4 Å². The Bertz CT molecular complexity index is 613. The van der Waals surface area contributed by atoms with E-state index in [1.165, 1.54) is 7.05 Å². The maximum absolute atomic E-state index is 12.5. The molecule has 1 unspecified atom stereocenters. The number of carbonyl (C=O) groups excluding carboxylic acids is 1. The van der Waals surface area contributed by atoms with Crippen molar-refractivity contribution in [2.75, 3.05) is 7.05 Å². The van der Waals surface area contributed by atoms with Gasteiger partial charge in [-0.15, -0.1) is 0 Å². The van der Waals surface area contributed by atoms with E-state index >= 15 is 0 Å². The summed E-state index contributed by atoms with van der Waals surface area (Å²) in [6.45, 7) is 1.94. The van der Waals surface area contributed by atoms with Gasteiger partial charge in [0.15, 0.2) is 0 Å². The number of alkyl halides is 3. The van der Waals surface area contributed by atoms with Gasteiger partial charge in [-0.05, 0) is 59.3 Å². The van der Waals surface area contributed by atoms with Crippen molar-refractivity contribution in [2.24, 2.45) is 0 Å². The van der Waals surface area contributed by atoms with Gasteiger partial charge in [-0.25, -0.2) is 0 Å². The van der Waals surface area contributed by atoms with Crippen molar-refractivity contribution in [3.05, 3.63) is 34.1 Å². The molecule has 1 aliphatic rings. The van der Waals surface area contributed by atoms with Gasteiger partial charge >= 0.3 is 12.1 Å². The smallest absolute Gasteiger partial charge is 0.335 e. The van der Waals surface area contributed by atoms with Gasteiger partial charge in [0, 0.05) is 23.8 Å². The highest BCUT2D eigenvalue weighted by atomic mass is 79.9. The van der Waals surface area contributed by atoms with Crippen molar-refractivity contribution < 1.29 is 18.0 Å². The van der Waals surface area contributed by atoms with Crippen LogP contribution in [0.25, 0.3) is 5.57 Å². The third-order valence-electron chi connectivity index (χ3n) is 3.84. The third kappa shape index (κ3) is 3.69.